The first-order valence-electron chi connectivity index (χ1n) is 8.47. The Hall–Kier alpha value is -3.44. The second-order valence-corrected chi connectivity index (χ2v) is 6.27. The van der Waals surface area contributed by atoms with Crippen molar-refractivity contribution >= 4 is 29.1 Å². The van der Waals surface area contributed by atoms with E-state index >= 15 is 0 Å². The Bertz CT molecular complexity index is 942. The fourth-order valence-electron chi connectivity index (χ4n) is 2.85. The predicted octanol–water partition coefficient (Wildman–Crippen LogP) is 4.90. The third-order valence-corrected chi connectivity index (χ3v) is 4.16. The molecule has 1 heterocycles. The molecule has 3 rings (SSSR count). The lowest BCUT2D eigenvalue weighted by molar-refractivity contribution is -0.143. The van der Waals surface area contributed by atoms with Gasteiger partial charge >= 0.3 is 24.4 Å². The minimum absolute atomic E-state index is 0.0636. The largest absolute Gasteiger partial charge is 0.416 e. The Kier molecular flexibility index (Phi) is 5.51. The summed E-state index contributed by atoms with van der Waals surface area (Å²) in [6.45, 7) is 0.576. The minimum atomic E-state index is -5.06. The van der Waals surface area contributed by atoms with Gasteiger partial charge in [-0.15, -0.1) is 0 Å². The van der Waals surface area contributed by atoms with E-state index in [4.69, 9.17) is 0 Å². The molecule has 3 N–H and O–H groups in total. The number of nitrogens with zero attached hydrogens (tertiary/aromatic N) is 1. The number of amides is 4. The van der Waals surface area contributed by atoms with Crippen molar-refractivity contribution in [2.75, 3.05) is 28.6 Å². The van der Waals surface area contributed by atoms with E-state index in [0.29, 0.717) is 30.1 Å². The fourth-order valence-corrected chi connectivity index (χ4v) is 2.85. The molecule has 0 aliphatic carbocycles. The highest BCUT2D eigenvalue weighted by molar-refractivity contribution is 6.07. The van der Waals surface area contributed by atoms with E-state index in [-0.39, 0.29) is 12.6 Å². The first-order chi connectivity index (χ1) is 13.9. The molecule has 12 heteroatoms. The molecule has 30 heavy (non-hydrogen) atoms. The van der Waals surface area contributed by atoms with Crippen molar-refractivity contribution in [3.05, 3.63) is 53.6 Å². The summed E-state index contributed by atoms with van der Waals surface area (Å²) in [5.74, 6) is 0. The zero-order valence-electron chi connectivity index (χ0n) is 15.0. The quantitative estimate of drug-likeness (QED) is 0.562. The molecule has 0 bridgehead atoms. The minimum Gasteiger partial charge on any atom is -0.382 e. The highest BCUT2D eigenvalue weighted by Gasteiger charge is 2.37. The number of hydrogen-bond acceptors (Lipinski definition) is 3. The topological polar surface area (TPSA) is 73.5 Å². The summed E-state index contributed by atoms with van der Waals surface area (Å²) in [7, 11) is 0. The first-order valence-corrected chi connectivity index (χ1v) is 8.47. The summed E-state index contributed by atoms with van der Waals surface area (Å²) in [5.41, 5.74) is -2.84. The molecule has 0 saturated carbocycles. The monoisotopic (exact) mass is 432 g/mol. The van der Waals surface area contributed by atoms with Gasteiger partial charge in [0.25, 0.3) is 0 Å². The molecule has 2 aromatic carbocycles. The Morgan fingerprint density at radius 3 is 2.13 bits per heavy atom. The second-order valence-electron chi connectivity index (χ2n) is 6.27. The number of benzene rings is 2. The van der Waals surface area contributed by atoms with E-state index in [0.717, 1.165) is 0 Å². The summed E-state index contributed by atoms with van der Waals surface area (Å²) in [4.78, 5) is 25.7. The van der Waals surface area contributed by atoms with Gasteiger partial charge in [-0.25, -0.2) is 9.59 Å². The van der Waals surface area contributed by atoms with Gasteiger partial charge in [0.05, 0.1) is 22.5 Å². The molecule has 6 nitrogen and oxygen atoms in total. The second kappa shape index (κ2) is 7.76. The summed E-state index contributed by atoms with van der Waals surface area (Å²) < 4.78 is 77.4. The van der Waals surface area contributed by atoms with Crippen LogP contribution in [0.15, 0.2) is 42.5 Å². The Balaban J connectivity index is 1.77. The van der Waals surface area contributed by atoms with E-state index in [1.807, 2.05) is 10.6 Å². The molecule has 160 valence electrons. The molecule has 0 atom stereocenters. The molecule has 0 unspecified atom stereocenters. The average Bonchev–Trinajstić information content (AvgIpc) is 2.65. The van der Waals surface area contributed by atoms with Crippen LogP contribution in [0.25, 0.3) is 0 Å². The Morgan fingerprint density at radius 2 is 1.53 bits per heavy atom. The number of carbonyl (C=O) groups excluding carboxylic acids is 2. The number of halogens is 6. The number of carbonyl (C=O) groups is 2. The fraction of sp³-hybridized carbons (Fsp3) is 0.222. The number of rotatable bonds is 1. The Labute approximate surface area is 165 Å². The molecule has 0 spiro atoms. The lowest BCUT2D eigenvalue weighted by Crippen LogP contribution is -2.48. The average molecular weight is 432 g/mol. The van der Waals surface area contributed by atoms with Gasteiger partial charge in [-0.1, -0.05) is 12.1 Å². The van der Waals surface area contributed by atoms with E-state index in [1.54, 1.807) is 24.3 Å². The number of urea groups is 2. The number of fused-ring (bicyclic) bond motifs is 1. The molecule has 0 fully saturated rings. The van der Waals surface area contributed by atoms with Crippen LogP contribution in [-0.2, 0) is 12.4 Å². The number of hydrogen-bond donors (Lipinski definition) is 3. The van der Waals surface area contributed by atoms with Crippen LogP contribution in [0, 0.1) is 0 Å². The number of alkyl halides is 6. The van der Waals surface area contributed by atoms with Crippen LogP contribution in [-0.4, -0.2) is 25.2 Å². The van der Waals surface area contributed by atoms with Gasteiger partial charge in [-0.2, -0.15) is 26.3 Å². The van der Waals surface area contributed by atoms with Gasteiger partial charge in [0.15, 0.2) is 0 Å². The van der Waals surface area contributed by atoms with Gasteiger partial charge in [0, 0.05) is 18.8 Å². The molecular weight excluding hydrogens is 418 g/mol. The van der Waals surface area contributed by atoms with Gasteiger partial charge in [-0.05, 0) is 30.3 Å². The van der Waals surface area contributed by atoms with Crippen molar-refractivity contribution in [3.63, 3.8) is 0 Å². The van der Waals surface area contributed by atoms with Crippen molar-refractivity contribution in [1.82, 2.24) is 5.32 Å². The van der Waals surface area contributed by atoms with Crippen LogP contribution < -0.4 is 20.9 Å². The number of para-hydroxylation sites is 2. The SMILES string of the molecule is O=C(NC(=O)N1CCNc2ccccc21)Nc1cc(C(F)(F)F)cc(C(F)(F)F)c1. The molecule has 0 saturated heterocycles. The van der Waals surface area contributed by atoms with Crippen LogP contribution in [0.1, 0.15) is 11.1 Å². The van der Waals surface area contributed by atoms with Crippen LogP contribution in [0.2, 0.25) is 0 Å². The maximum absolute atomic E-state index is 12.9. The maximum Gasteiger partial charge on any atom is 0.416 e. The standard InChI is InChI=1S/C18H14F6N4O2/c19-17(20,21)10-7-11(18(22,23)24)9-12(8-10)26-15(29)27-16(30)28-6-5-25-13-3-1-2-4-14(13)28/h1-4,7-9,25H,5-6H2,(H2,26,27,29,30). The zero-order valence-corrected chi connectivity index (χ0v) is 15.0. The Morgan fingerprint density at radius 1 is 0.933 bits per heavy atom. The van der Waals surface area contributed by atoms with Crippen LogP contribution >= 0.6 is 0 Å². The van der Waals surface area contributed by atoms with Gasteiger partial charge in [-0.3, -0.25) is 10.2 Å². The lowest BCUT2D eigenvalue weighted by Gasteiger charge is -2.30. The van der Waals surface area contributed by atoms with Crippen molar-refractivity contribution in [2.24, 2.45) is 0 Å². The molecule has 1 aliphatic heterocycles. The molecule has 0 aromatic heterocycles. The molecule has 4 amide bonds. The number of imide groups is 1. The smallest absolute Gasteiger partial charge is 0.382 e. The van der Waals surface area contributed by atoms with Crippen molar-refractivity contribution in [3.8, 4) is 0 Å². The third-order valence-electron chi connectivity index (χ3n) is 4.16. The van der Waals surface area contributed by atoms with Gasteiger partial charge < -0.3 is 10.6 Å². The molecule has 2 aromatic rings. The normalized spacial score (nSPS) is 13.9. The van der Waals surface area contributed by atoms with Crippen molar-refractivity contribution in [1.29, 1.82) is 0 Å². The highest BCUT2D eigenvalue weighted by atomic mass is 19.4. The first kappa shape index (κ1) is 21.3. The summed E-state index contributed by atoms with van der Waals surface area (Å²) in [6, 6.07) is 5.18. The molecule has 1 aliphatic rings. The van der Waals surface area contributed by atoms with Crippen LogP contribution in [0.5, 0.6) is 0 Å². The highest BCUT2D eigenvalue weighted by Crippen LogP contribution is 2.37. The molecule has 0 radical (unpaired) electrons. The summed E-state index contributed by atoms with van der Waals surface area (Å²) in [6.07, 6.45) is -10.1. The van der Waals surface area contributed by atoms with E-state index < -0.39 is 41.2 Å². The predicted molar refractivity (Wildman–Crippen MR) is 96.3 cm³/mol. The van der Waals surface area contributed by atoms with E-state index in [1.165, 1.54) is 4.90 Å². The van der Waals surface area contributed by atoms with Crippen LogP contribution in [0.4, 0.5) is 53.0 Å². The van der Waals surface area contributed by atoms with Gasteiger partial charge in [0.1, 0.15) is 0 Å². The van der Waals surface area contributed by atoms with E-state index in [9.17, 15) is 35.9 Å². The summed E-state index contributed by atoms with van der Waals surface area (Å²) in [5, 5.41) is 6.80. The zero-order chi connectivity index (χ0) is 22.1. The lowest BCUT2D eigenvalue weighted by atomic mass is 10.1. The number of anilines is 3. The van der Waals surface area contributed by atoms with Gasteiger partial charge in [0.2, 0.25) is 0 Å². The molecular formula is C18H14F6N4O2. The van der Waals surface area contributed by atoms with Crippen molar-refractivity contribution in [2.45, 2.75) is 12.4 Å². The maximum atomic E-state index is 12.9. The third kappa shape index (κ3) is 4.75. The van der Waals surface area contributed by atoms with Crippen molar-refractivity contribution < 1.29 is 35.9 Å². The number of nitrogens with one attached hydrogen (secondary N) is 3. The summed E-state index contributed by atoms with van der Waals surface area (Å²) >= 11 is 0. The van der Waals surface area contributed by atoms with E-state index in [2.05, 4.69) is 5.32 Å². The van der Waals surface area contributed by atoms with Crippen LogP contribution in [0.3, 0.4) is 0 Å².